The van der Waals surface area contributed by atoms with E-state index in [0.29, 0.717) is 29.0 Å². The molecule has 0 bridgehead atoms. The normalized spacial score (nSPS) is 15.1. The van der Waals surface area contributed by atoms with Crippen LogP contribution in [0.2, 0.25) is 0 Å². The lowest BCUT2D eigenvalue weighted by Gasteiger charge is -2.23. The Labute approximate surface area is 245 Å². The van der Waals surface area contributed by atoms with E-state index >= 15 is 8.78 Å². The quantitative estimate of drug-likeness (QED) is 0.109. The van der Waals surface area contributed by atoms with Crippen LogP contribution in [0.15, 0.2) is 51.3 Å². The summed E-state index contributed by atoms with van der Waals surface area (Å²) in [6, 6.07) is 4.58. The first-order valence-corrected chi connectivity index (χ1v) is 14.9. The molecule has 0 amide bonds. The third-order valence-electron chi connectivity index (χ3n) is 7.24. The maximum absolute atomic E-state index is 15.1. The molecule has 11 heteroatoms. The average Bonchev–Trinajstić information content (AvgIpc) is 3.59. The fourth-order valence-corrected chi connectivity index (χ4v) is 5.12. The van der Waals surface area contributed by atoms with Crippen LogP contribution in [0.1, 0.15) is 57.2 Å². The van der Waals surface area contributed by atoms with Gasteiger partial charge in [-0.05, 0) is 64.3 Å². The number of imidazole rings is 1. The van der Waals surface area contributed by atoms with Crippen molar-refractivity contribution < 1.29 is 13.5 Å². The number of thioether (sulfide) groups is 1. The Morgan fingerprint density at radius 2 is 1.93 bits per heavy atom. The number of nitrogens with one attached hydrogen (secondary N) is 2. The maximum atomic E-state index is 15.1. The van der Waals surface area contributed by atoms with Crippen LogP contribution in [0.4, 0.5) is 20.3 Å². The second-order valence-electron chi connectivity index (χ2n) is 10.4. The van der Waals surface area contributed by atoms with Gasteiger partial charge in [0.25, 0.3) is 0 Å². The van der Waals surface area contributed by atoms with Gasteiger partial charge in [-0.1, -0.05) is 12.5 Å². The predicted octanol–water partition coefficient (Wildman–Crippen LogP) is 7.07. The highest BCUT2D eigenvalue weighted by Crippen LogP contribution is 2.46. The van der Waals surface area contributed by atoms with Gasteiger partial charge in [0.2, 0.25) is 0 Å². The number of methoxy groups -OCH3 is 1. The molecule has 4 rings (SSSR count). The molecule has 1 aliphatic rings. The monoisotopic (exact) mass is 583 g/mol. The van der Waals surface area contributed by atoms with Crippen LogP contribution in [-0.2, 0) is 18.4 Å². The zero-order chi connectivity index (χ0) is 29.8. The molecule has 0 radical (unpaired) electrons. The summed E-state index contributed by atoms with van der Waals surface area (Å²) in [7, 11) is 5.23. The first-order valence-electron chi connectivity index (χ1n) is 13.6. The van der Waals surface area contributed by atoms with Crippen molar-refractivity contribution in [3.63, 3.8) is 0 Å². The number of halogens is 2. The number of benzene rings is 1. The van der Waals surface area contributed by atoms with Gasteiger partial charge >= 0.3 is 0 Å². The second kappa shape index (κ2) is 13.0. The van der Waals surface area contributed by atoms with Gasteiger partial charge in [0.1, 0.15) is 29.8 Å². The van der Waals surface area contributed by atoms with Crippen molar-refractivity contribution in [1.82, 2.24) is 19.7 Å². The van der Waals surface area contributed by atoms with Crippen molar-refractivity contribution >= 4 is 34.7 Å². The summed E-state index contributed by atoms with van der Waals surface area (Å²) >= 11 is 1.29. The van der Waals surface area contributed by atoms with Crippen LogP contribution in [0.25, 0.3) is 5.57 Å². The Hall–Kier alpha value is -3.44. The van der Waals surface area contributed by atoms with Gasteiger partial charge in [-0.25, -0.2) is 18.8 Å². The van der Waals surface area contributed by atoms with E-state index in [1.165, 1.54) is 28.8 Å². The van der Waals surface area contributed by atoms with E-state index in [0.717, 1.165) is 53.2 Å². The minimum atomic E-state index is -0.642. The number of aromatic nitrogens is 4. The number of H-pyrrole nitrogens is 1. The third-order valence-corrected chi connectivity index (χ3v) is 7.95. The standard InChI is InChI=1S/C30H39F2N7OS/c1-9-17(2)27(24-15-38(5)26(34-24)16-40-7)28(20-10-11-20)30(35-25-12-18(3)36-37-25)33-19(4)39(6)29-22(31)13-21(41-8)14-23(29)32/h12-15,20H,9-11,16H2,1-8H3,(H2,35,36,37)/b27-17+,30-28+,33-19+. The predicted molar refractivity (Wildman–Crippen MR) is 163 cm³/mol. The number of aliphatic imine (C=N–C) groups is 1. The van der Waals surface area contributed by atoms with E-state index in [1.54, 1.807) is 27.3 Å². The van der Waals surface area contributed by atoms with E-state index in [4.69, 9.17) is 14.7 Å². The molecule has 3 aromatic rings. The highest BCUT2D eigenvalue weighted by molar-refractivity contribution is 7.98. The average molecular weight is 584 g/mol. The summed E-state index contributed by atoms with van der Waals surface area (Å²) < 4.78 is 37.5. The van der Waals surface area contributed by atoms with Gasteiger partial charge in [0.15, 0.2) is 17.5 Å². The van der Waals surface area contributed by atoms with Crippen LogP contribution in [0.5, 0.6) is 0 Å². The lowest BCUT2D eigenvalue weighted by atomic mass is 9.93. The molecule has 0 atom stereocenters. The summed E-state index contributed by atoms with van der Waals surface area (Å²) in [5, 5.41) is 10.8. The van der Waals surface area contributed by atoms with Crippen molar-refractivity contribution in [2.45, 2.75) is 58.5 Å². The van der Waals surface area contributed by atoms with E-state index in [-0.39, 0.29) is 11.6 Å². The summed E-state index contributed by atoms with van der Waals surface area (Å²) in [5.41, 5.74) is 4.77. The van der Waals surface area contributed by atoms with Gasteiger partial charge in [0, 0.05) is 55.2 Å². The summed E-state index contributed by atoms with van der Waals surface area (Å²) in [5.74, 6) is 1.38. The van der Waals surface area contributed by atoms with Gasteiger partial charge < -0.3 is 19.5 Å². The molecule has 0 aliphatic heterocycles. The minimum Gasteiger partial charge on any atom is -0.377 e. The lowest BCUT2D eigenvalue weighted by molar-refractivity contribution is 0.175. The highest BCUT2D eigenvalue weighted by Gasteiger charge is 2.34. The molecule has 0 unspecified atom stereocenters. The zero-order valence-electron chi connectivity index (χ0n) is 25.0. The SMILES string of the molecule is CC/C(C)=C(/C(=C(\N=C(/C)N(C)c1c(F)cc(SC)cc1F)Nc1cc(C)[nH]n1)C1CC1)c1cn(C)c(COC)n1. The van der Waals surface area contributed by atoms with Crippen LogP contribution in [0.3, 0.4) is 0 Å². The Morgan fingerprint density at radius 1 is 1.24 bits per heavy atom. The first-order chi connectivity index (χ1) is 19.6. The van der Waals surface area contributed by atoms with Crippen molar-refractivity contribution in [3.05, 3.63) is 70.2 Å². The Bertz CT molecular complexity index is 1480. The highest BCUT2D eigenvalue weighted by atomic mass is 32.2. The van der Waals surface area contributed by atoms with Gasteiger partial charge in [-0.15, -0.1) is 11.8 Å². The molecule has 2 heterocycles. The number of amidine groups is 1. The number of aryl methyl sites for hydroxylation is 2. The topological polar surface area (TPSA) is 83.4 Å². The summed E-state index contributed by atoms with van der Waals surface area (Å²) in [4.78, 5) is 11.9. The van der Waals surface area contributed by atoms with Crippen molar-refractivity contribution in [1.29, 1.82) is 0 Å². The van der Waals surface area contributed by atoms with E-state index < -0.39 is 11.6 Å². The number of nitrogens with zero attached hydrogens (tertiary/aromatic N) is 5. The summed E-state index contributed by atoms with van der Waals surface area (Å²) in [6.07, 6.45) is 6.62. The molecule has 2 N–H and O–H groups in total. The fourth-order valence-electron chi connectivity index (χ4n) is 4.68. The number of hydrogen-bond donors (Lipinski definition) is 2. The fraction of sp³-hybridized carbons (Fsp3) is 0.433. The molecule has 1 saturated carbocycles. The molecule has 2 aromatic heterocycles. The van der Waals surface area contributed by atoms with E-state index in [2.05, 4.69) is 29.4 Å². The number of aromatic amines is 1. The molecular formula is C30H39F2N7OS. The molecule has 1 fully saturated rings. The molecule has 1 aliphatic carbocycles. The van der Waals surface area contributed by atoms with Crippen LogP contribution >= 0.6 is 11.8 Å². The molecular weight excluding hydrogens is 544 g/mol. The molecule has 8 nitrogen and oxygen atoms in total. The third kappa shape index (κ3) is 6.90. The van der Waals surface area contributed by atoms with Crippen molar-refractivity contribution in [2.24, 2.45) is 18.0 Å². The van der Waals surface area contributed by atoms with Gasteiger partial charge in [-0.3, -0.25) is 5.10 Å². The Morgan fingerprint density at radius 3 is 2.46 bits per heavy atom. The number of rotatable bonds is 11. The lowest BCUT2D eigenvalue weighted by Crippen LogP contribution is -2.26. The second-order valence-corrected chi connectivity index (χ2v) is 11.2. The number of allylic oxidation sites excluding steroid dienone is 3. The van der Waals surface area contributed by atoms with Crippen molar-refractivity contribution in [3.8, 4) is 0 Å². The van der Waals surface area contributed by atoms with Crippen LogP contribution in [0, 0.1) is 24.5 Å². The molecule has 0 saturated heterocycles. The summed E-state index contributed by atoms with van der Waals surface area (Å²) in [6.45, 7) is 8.29. The Kier molecular flexibility index (Phi) is 9.70. The van der Waals surface area contributed by atoms with Gasteiger partial charge in [-0.2, -0.15) is 5.10 Å². The van der Waals surface area contributed by atoms with Gasteiger partial charge in [0.05, 0.1) is 5.69 Å². The van der Waals surface area contributed by atoms with Crippen molar-refractivity contribution in [2.75, 3.05) is 30.6 Å². The van der Waals surface area contributed by atoms with E-state index in [9.17, 15) is 0 Å². The molecule has 220 valence electrons. The molecule has 41 heavy (non-hydrogen) atoms. The molecule has 0 spiro atoms. The number of anilines is 2. The van der Waals surface area contributed by atoms with E-state index in [1.807, 2.05) is 30.8 Å². The number of hydrogen-bond acceptors (Lipinski definition) is 6. The number of ether oxygens (including phenoxy) is 1. The smallest absolute Gasteiger partial charge is 0.153 e. The zero-order valence-corrected chi connectivity index (χ0v) is 25.8. The largest absolute Gasteiger partial charge is 0.377 e. The Balaban J connectivity index is 1.91. The molecule has 1 aromatic carbocycles. The van der Waals surface area contributed by atoms with Crippen LogP contribution in [-0.4, -0.2) is 46.0 Å². The maximum Gasteiger partial charge on any atom is 0.153 e. The minimum absolute atomic E-state index is 0.151. The van der Waals surface area contributed by atoms with Crippen LogP contribution < -0.4 is 10.2 Å². The first kappa shape index (κ1) is 30.5.